The van der Waals surface area contributed by atoms with Crippen molar-refractivity contribution < 1.29 is 23.8 Å². The number of amides is 1. The number of fused-ring (bicyclic) bond motifs is 1. The molecule has 6 rings (SSSR count). The fraction of sp³-hybridized carbons (Fsp3) is 0.636. The first-order valence-electron chi connectivity index (χ1n) is 10.4. The molecule has 0 spiro atoms. The lowest BCUT2D eigenvalue weighted by molar-refractivity contribution is -0.175. The molecule has 7 heteroatoms. The molecule has 156 valence electrons. The average molecular weight is 464 g/mol. The van der Waals surface area contributed by atoms with Crippen LogP contribution >= 0.6 is 15.9 Å². The first-order chi connectivity index (χ1) is 13.8. The Bertz CT molecular complexity index is 842. The van der Waals surface area contributed by atoms with Gasteiger partial charge in [0.15, 0.2) is 17.6 Å². The molecule has 3 unspecified atom stereocenters. The summed E-state index contributed by atoms with van der Waals surface area (Å²) >= 11 is 3.92. The number of hydrogen-bond acceptors (Lipinski definition) is 5. The van der Waals surface area contributed by atoms with Crippen molar-refractivity contribution in [3.63, 3.8) is 0 Å². The summed E-state index contributed by atoms with van der Waals surface area (Å²) in [6.07, 6.45) is 5.29. The summed E-state index contributed by atoms with van der Waals surface area (Å²) in [6, 6.07) is 5.26. The molecule has 3 atom stereocenters. The summed E-state index contributed by atoms with van der Waals surface area (Å²) < 4.78 is 16.8. The Morgan fingerprint density at radius 1 is 1.14 bits per heavy atom. The maximum absolute atomic E-state index is 13.1. The number of benzene rings is 1. The van der Waals surface area contributed by atoms with E-state index in [1.807, 2.05) is 0 Å². The lowest BCUT2D eigenvalue weighted by Crippen LogP contribution is -2.56. The number of alkyl halides is 1. The molecule has 5 aliphatic rings. The molecule has 6 nitrogen and oxygen atoms in total. The second-order valence-corrected chi connectivity index (χ2v) is 11.0. The minimum Gasteiger partial charge on any atom is -0.486 e. The zero-order chi connectivity index (χ0) is 20.2. The van der Waals surface area contributed by atoms with Gasteiger partial charge < -0.3 is 19.5 Å². The standard InChI is InChI=1S/C22H26BrNO5/c1-13(19(25)24-16-2-3-17-18(7-16)28-5-4-27-17)29-20(26)21-8-14-6-15(9-21)11-22(23,10-14)12-21/h2-3,7,13-15H,4-6,8-12H2,1H3,(H,24,25). The molecule has 4 bridgehead atoms. The third-order valence-electron chi connectivity index (χ3n) is 6.89. The van der Waals surface area contributed by atoms with Gasteiger partial charge in [0, 0.05) is 16.1 Å². The maximum atomic E-state index is 13.1. The molecule has 29 heavy (non-hydrogen) atoms. The molecule has 1 aromatic rings. The Labute approximate surface area is 178 Å². The monoisotopic (exact) mass is 463 g/mol. The van der Waals surface area contributed by atoms with E-state index < -0.39 is 11.5 Å². The van der Waals surface area contributed by atoms with Crippen LogP contribution < -0.4 is 14.8 Å². The highest BCUT2D eigenvalue weighted by Gasteiger charge is 2.60. The Morgan fingerprint density at radius 3 is 2.52 bits per heavy atom. The van der Waals surface area contributed by atoms with E-state index >= 15 is 0 Å². The third kappa shape index (κ3) is 3.51. The SMILES string of the molecule is CC(OC(=O)C12CC3CC(CC(Br)(C3)C1)C2)C(=O)Nc1ccc2c(c1)OCCO2. The van der Waals surface area contributed by atoms with Crippen LogP contribution in [0.2, 0.25) is 0 Å². The number of rotatable bonds is 4. The lowest BCUT2D eigenvalue weighted by Gasteiger charge is -2.58. The van der Waals surface area contributed by atoms with E-state index in [0.717, 1.165) is 32.1 Å². The highest BCUT2D eigenvalue weighted by molar-refractivity contribution is 9.10. The molecule has 0 radical (unpaired) electrons. The van der Waals surface area contributed by atoms with Crippen LogP contribution in [0.15, 0.2) is 18.2 Å². The van der Waals surface area contributed by atoms with Crippen LogP contribution in [0.25, 0.3) is 0 Å². The molecule has 1 aliphatic heterocycles. The van der Waals surface area contributed by atoms with Gasteiger partial charge in [0.1, 0.15) is 13.2 Å². The topological polar surface area (TPSA) is 73.9 Å². The summed E-state index contributed by atoms with van der Waals surface area (Å²) in [5, 5.41) is 2.82. The van der Waals surface area contributed by atoms with Crippen molar-refractivity contribution in [3.8, 4) is 11.5 Å². The zero-order valence-corrected chi connectivity index (χ0v) is 18.1. The number of hydrogen-bond donors (Lipinski definition) is 1. The minimum absolute atomic E-state index is 0.0762. The Balaban J connectivity index is 1.24. The normalized spacial score (nSPS) is 35.1. The summed E-state index contributed by atoms with van der Waals surface area (Å²) in [4.78, 5) is 25.8. The van der Waals surface area contributed by atoms with Crippen LogP contribution in [-0.2, 0) is 14.3 Å². The molecule has 1 amide bonds. The van der Waals surface area contributed by atoms with Gasteiger partial charge in [-0.15, -0.1) is 0 Å². The van der Waals surface area contributed by atoms with Crippen LogP contribution in [0.4, 0.5) is 5.69 Å². The number of nitrogens with one attached hydrogen (secondary N) is 1. The van der Waals surface area contributed by atoms with Crippen molar-refractivity contribution in [2.24, 2.45) is 17.3 Å². The minimum atomic E-state index is -0.852. The van der Waals surface area contributed by atoms with Crippen molar-refractivity contribution in [1.29, 1.82) is 0 Å². The predicted molar refractivity (Wildman–Crippen MR) is 110 cm³/mol. The third-order valence-corrected chi connectivity index (χ3v) is 7.81. The summed E-state index contributed by atoms with van der Waals surface area (Å²) in [7, 11) is 0. The van der Waals surface area contributed by atoms with Gasteiger partial charge in [0.2, 0.25) is 0 Å². The van der Waals surface area contributed by atoms with Crippen LogP contribution in [0, 0.1) is 17.3 Å². The Hall–Kier alpha value is -1.76. The van der Waals surface area contributed by atoms with Gasteiger partial charge in [0.05, 0.1) is 5.41 Å². The molecule has 4 saturated carbocycles. The van der Waals surface area contributed by atoms with Gasteiger partial charge in [-0.25, -0.2) is 0 Å². The number of carbonyl (C=O) groups is 2. The van der Waals surface area contributed by atoms with Gasteiger partial charge in [-0.3, -0.25) is 9.59 Å². The first kappa shape index (κ1) is 19.2. The highest BCUT2D eigenvalue weighted by atomic mass is 79.9. The summed E-state index contributed by atoms with van der Waals surface area (Å²) in [5.74, 6) is 1.90. The van der Waals surface area contributed by atoms with Crippen molar-refractivity contribution in [1.82, 2.24) is 0 Å². The predicted octanol–water partition coefficient (Wildman–Crippen LogP) is 4.06. The van der Waals surface area contributed by atoms with Crippen molar-refractivity contribution >= 4 is 33.5 Å². The van der Waals surface area contributed by atoms with Gasteiger partial charge in [-0.2, -0.15) is 0 Å². The van der Waals surface area contributed by atoms with E-state index in [1.54, 1.807) is 25.1 Å². The van der Waals surface area contributed by atoms with E-state index in [0.29, 0.717) is 42.2 Å². The quantitative estimate of drug-likeness (QED) is 0.538. The Kier molecular flexibility index (Phi) is 4.57. The molecule has 1 aromatic carbocycles. The second kappa shape index (κ2) is 6.89. The first-order valence-corrected chi connectivity index (χ1v) is 11.2. The second-order valence-electron chi connectivity index (χ2n) is 9.29. The number of anilines is 1. The zero-order valence-electron chi connectivity index (χ0n) is 16.5. The van der Waals surface area contributed by atoms with Crippen LogP contribution in [0.5, 0.6) is 11.5 Å². The molecule has 1 N–H and O–H groups in total. The number of carbonyl (C=O) groups excluding carboxylic acids is 2. The van der Waals surface area contributed by atoms with E-state index in [9.17, 15) is 9.59 Å². The van der Waals surface area contributed by atoms with Gasteiger partial charge in [-0.05, 0) is 69.4 Å². The van der Waals surface area contributed by atoms with E-state index in [2.05, 4.69) is 21.2 Å². The molecule has 1 heterocycles. The molecule has 0 saturated heterocycles. The van der Waals surface area contributed by atoms with Crippen molar-refractivity contribution in [2.45, 2.75) is 55.9 Å². The number of esters is 1. The largest absolute Gasteiger partial charge is 0.486 e. The van der Waals surface area contributed by atoms with E-state index in [4.69, 9.17) is 14.2 Å². The molecular formula is C22H26BrNO5. The lowest BCUT2D eigenvalue weighted by atomic mass is 9.49. The van der Waals surface area contributed by atoms with Crippen molar-refractivity contribution in [3.05, 3.63) is 18.2 Å². The van der Waals surface area contributed by atoms with Crippen molar-refractivity contribution in [2.75, 3.05) is 18.5 Å². The van der Waals surface area contributed by atoms with Crippen LogP contribution in [0.3, 0.4) is 0 Å². The average Bonchev–Trinajstić information content (AvgIpc) is 2.66. The van der Waals surface area contributed by atoms with Gasteiger partial charge in [-0.1, -0.05) is 15.9 Å². The highest BCUT2D eigenvalue weighted by Crippen LogP contribution is 2.64. The fourth-order valence-electron chi connectivity index (χ4n) is 6.09. The number of ether oxygens (including phenoxy) is 3. The molecular weight excluding hydrogens is 438 g/mol. The molecule has 4 aliphatic carbocycles. The van der Waals surface area contributed by atoms with E-state index in [1.165, 1.54) is 6.42 Å². The van der Waals surface area contributed by atoms with Crippen LogP contribution in [-0.4, -0.2) is 35.5 Å². The smallest absolute Gasteiger partial charge is 0.312 e. The Morgan fingerprint density at radius 2 is 1.83 bits per heavy atom. The fourth-order valence-corrected chi connectivity index (χ4v) is 7.55. The van der Waals surface area contributed by atoms with Gasteiger partial charge in [0.25, 0.3) is 5.91 Å². The maximum Gasteiger partial charge on any atom is 0.312 e. The summed E-state index contributed by atoms with van der Waals surface area (Å²) in [5.41, 5.74) is 0.162. The van der Waals surface area contributed by atoms with Gasteiger partial charge >= 0.3 is 5.97 Å². The van der Waals surface area contributed by atoms with Crippen LogP contribution in [0.1, 0.15) is 45.4 Å². The number of halogens is 1. The van der Waals surface area contributed by atoms with E-state index in [-0.39, 0.29) is 16.2 Å². The molecule has 4 fully saturated rings. The molecule has 0 aromatic heterocycles. The summed E-state index contributed by atoms with van der Waals surface area (Å²) in [6.45, 7) is 2.64.